The average molecular weight is 166 g/mol. The highest BCUT2D eigenvalue weighted by Gasteiger charge is 2.49. The number of hydrogen-bond acceptors (Lipinski definition) is 1. The van der Waals surface area contributed by atoms with E-state index in [1.807, 2.05) is 6.92 Å². The van der Waals surface area contributed by atoms with Gasteiger partial charge in [-0.3, -0.25) is 4.79 Å². The molecule has 0 saturated heterocycles. The number of fused-ring (bicyclic) bond motifs is 1. The number of carbonyl (C=O) groups excluding carboxylic acids is 1. The first-order chi connectivity index (χ1) is 5.79. The van der Waals surface area contributed by atoms with Gasteiger partial charge in [0.2, 0.25) is 0 Å². The first kappa shape index (κ1) is 8.28. The average Bonchev–Trinajstić information content (AvgIpc) is 2.60. The van der Waals surface area contributed by atoms with E-state index in [0.717, 1.165) is 12.3 Å². The summed E-state index contributed by atoms with van der Waals surface area (Å²) in [6, 6.07) is 0. The number of Topliss-reactive ketones (excluding diaryl/α,β-unsaturated/α-hetero) is 1. The fourth-order valence-electron chi connectivity index (χ4n) is 3.42. The van der Waals surface area contributed by atoms with Gasteiger partial charge >= 0.3 is 0 Å². The first-order valence-electron chi connectivity index (χ1n) is 5.33. The Bertz CT molecular complexity index is 185. The molecule has 0 aromatic heterocycles. The van der Waals surface area contributed by atoms with Crippen LogP contribution in [0.15, 0.2) is 0 Å². The topological polar surface area (TPSA) is 17.1 Å². The summed E-state index contributed by atoms with van der Waals surface area (Å²) in [6.07, 6.45) is 8.41. The Labute approximate surface area is 74.5 Å². The normalized spacial score (nSPS) is 39.9. The van der Waals surface area contributed by atoms with Gasteiger partial charge in [0.15, 0.2) is 0 Å². The number of ketones is 1. The van der Waals surface area contributed by atoms with E-state index in [1.54, 1.807) is 0 Å². The minimum atomic E-state index is 0.175. The third-order valence-corrected chi connectivity index (χ3v) is 4.01. The fourth-order valence-corrected chi connectivity index (χ4v) is 3.42. The van der Waals surface area contributed by atoms with Gasteiger partial charge in [-0.25, -0.2) is 0 Å². The largest absolute Gasteiger partial charge is 0.299 e. The maximum atomic E-state index is 11.8. The molecule has 2 rings (SSSR count). The molecule has 0 aromatic rings. The molecule has 0 unspecified atom stereocenters. The summed E-state index contributed by atoms with van der Waals surface area (Å²) in [6.45, 7) is 2.02. The summed E-state index contributed by atoms with van der Waals surface area (Å²) >= 11 is 0. The van der Waals surface area contributed by atoms with Gasteiger partial charge in [0.25, 0.3) is 0 Å². The summed E-state index contributed by atoms with van der Waals surface area (Å²) in [5.74, 6) is 1.33. The van der Waals surface area contributed by atoms with Crippen LogP contribution in [0.25, 0.3) is 0 Å². The Balaban J connectivity index is 2.21. The maximum absolute atomic E-state index is 11.8. The van der Waals surface area contributed by atoms with Gasteiger partial charge in [0, 0.05) is 11.8 Å². The van der Waals surface area contributed by atoms with Gasteiger partial charge < -0.3 is 0 Å². The summed E-state index contributed by atoms with van der Waals surface area (Å²) in [5, 5.41) is 0. The number of carbonyl (C=O) groups is 1. The van der Waals surface area contributed by atoms with Gasteiger partial charge in [-0.1, -0.05) is 19.8 Å². The van der Waals surface area contributed by atoms with E-state index >= 15 is 0 Å². The van der Waals surface area contributed by atoms with Gasteiger partial charge in [-0.15, -0.1) is 0 Å². The molecule has 2 saturated carbocycles. The van der Waals surface area contributed by atoms with Crippen LogP contribution in [0.3, 0.4) is 0 Å². The molecule has 1 nitrogen and oxygen atoms in total. The van der Waals surface area contributed by atoms with E-state index in [0.29, 0.717) is 5.78 Å². The Morgan fingerprint density at radius 3 is 2.42 bits per heavy atom. The van der Waals surface area contributed by atoms with E-state index in [4.69, 9.17) is 0 Å². The molecule has 0 heterocycles. The lowest BCUT2D eigenvalue weighted by Crippen LogP contribution is -2.29. The van der Waals surface area contributed by atoms with Crippen molar-refractivity contribution < 1.29 is 4.79 Å². The SMILES string of the molecule is CCC(=O)C12CCCC1CCC2. The molecule has 12 heavy (non-hydrogen) atoms. The van der Waals surface area contributed by atoms with Crippen LogP contribution in [0.2, 0.25) is 0 Å². The predicted octanol–water partition coefficient (Wildman–Crippen LogP) is 2.94. The molecule has 0 spiro atoms. The van der Waals surface area contributed by atoms with Crippen molar-refractivity contribution >= 4 is 5.78 Å². The van der Waals surface area contributed by atoms with Crippen molar-refractivity contribution in [1.82, 2.24) is 0 Å². The summed E-state index contributed by atoms with van der Waals surface area (Å²) in [7, 11) is 0. The zero-order valence-corrected chi connectivity index (χ0v) is 7.94. The third-order valence-electron chi connectivity index (χ3n) is 4.01. The van der Waals surface area contributed by atoms with Crippen LogP contribution in [-0.2, 0) is 4.79 Å². The van der Waals surface area contributed by atoms with Crippen molar-refractivity contribution in [3.8, 4) is 0 Å². The standard InChI is InChI=1S/C11H18O/c1-2-10(12)11-7-3-5-9(11)6-4-8-11/h9H,2-8H2,1H3. The molecule has 0 atom stereocenters. The molecule has 68 valence electrons. The highest BCUT2D eigenvalue weighted by atomic mass is 16.1. The van der Waals surface area contributed by atoms with Crippen LogP contribution >= 0.6 is 0 Å². The number of hydrogen-bond donors (Lipinski definition) is 0. The number of rotatable bonds is 2. The highest BCUT2D eigenvalue weighted by Crippen LogP contribution is 2.55. The molecular weight excluding hydrogens is 148 g/mol. The van der Waals surface area contributed by atoms with Gasteiger partial charge in [-0.2, -0.15) is 0 Å². The Morgan fingerprint density at radius 1 is 1.33 bits per heavy atom. The minimum Gasteiger partial charge on any atom is -0.299 e. The molecular formula is C11H18O. The van der Waals surface area contributed by atoms with E-state index in [9.17, 15) is 4.79 Å². The van der Waals surface area contributed by atoms with Crippen molar-refractivity contribution in [2.24, 2.45) is 11.3 Å². The van der Waals surface area contributed by atoms with Crippen LogP contribution in [0.5, 0.6) is 0 Å². The first-order valence-corrected chi connectivity index (χ1v) is 5.33. The van der Waals surface area contributed by atoms with E-state index < -0.39 is 0 Å². The lowest BCUT2D eigenvalue weighted by molar-refractivity contribution is -0.129. The van der Waals surface area contributed by atoms with Gasteiger partial charge in [-0.05, 0) is 31.6 Å². The predicted molar refractivity (Wildman–Crippen MR) is 48.9 cm³/mol. The van der Waals surface area contributed by atoms with Crippen LogP contribution in [0.4, 0.5) is 0 Å². The molecule has 0 aromatic carbocycles. The molecule has 0 amide bonds. The molecule has 0 radical (unpaired) electrons. The monoisotopic (exact) mass is 166 g/mol. The fraction of sp³-hybridized carbons (Fsp3) is 0.909. The zero-order chi connectivity index (χ0) is 8.60. The molecule has 0 bridgehead atoms. The van der Waals surface area contributed by atoms with Gasteiger partial charge in [0.05, 0.1) is 0 Å². The van der Waals surface area contributed by atoms with Crippen LogP contribution in [0, 0.1) is 11.3 Å². The highest BCUT2D eigenvalue weighted by molar-refractivity contribution is 5.85. The van der Waals surface area contributed by atoms with E-state index in [1.165, 1.54) is 38.5 Å². The summed E-state index contributed by atoms with van der Waals surface area (Å²) < 4.78 is 0. The van der Waals surface area contributed by atoms with Crippen LogP contribution < -0.4 is 0 Å². The molecule has 2 aliphatic carbocycles. The van der Waals surface area contributed by atoms with E-state index in [-0.39, 0.29) is 5.41 Å². The van der Waals surface area contributed by atoms with Gasteiger partial charge in [0.1, 0.15) is 5.78 Å². The molecule has 2 aliphatic rings. The molecule has 0 aliphatic heterocycles. The van der Waals surface area contributed by atoms with Crippen molar-refractivity contribution in [2.45, 2.75) is 51.9 Å². The lowest BCUT2D eigenvalue weighted by Gasteiger charge is -2.26. The lowest BCUT2D eigenvalue weighted by atomic mass is 9.76. The second-order valence-corrected chi connectivity index (χ2v) is 4.41. The van der Waals surface area contributed by atoms with Crippen molar-refractivity contribution in [3.05, 3.63) is 0 Å². The smallest absolute Gasteiger partial charge is 0.139 e. The maximum Gasteiger partial charge on any atom is 0.139 e. The van der Waals surface area contributed by atoms with Crippen molar-refractivity contribution in [3.63, 3.8) is 0 Å². The van der Waals surface area contributed by atoms with Crippen molar-refractivity contribution in [1.29, 1.82) is 0 Å². The second-order valence-electron chi connectivity index (χ2n) is 4.41. The molecule has 2 fully saturated rings. The van der Waals surface area contributed by atoms with Crippen LogP contribution in [0.1, 0.15) is 51.9 Å². The van der Waals surface area contributed by atoms with Crippen molar-refractivity contribution in [2.75, 3.05) is 0 Å². The molecule has 1 heteroatoms. The second kappa shape index (κ2) is 2.86. The Hall–Kier alpha value is -0.330. The minimum absolute atomic E-state index is 0.175. The molecule has 0 N–H and O–H groups in total. The zero-order valence-electron chi connectivity index (χ0n) is 7.94. The van der Waals surface area contributed by atoms with E-state index in [2.05, 4.69) is 0 Å². The van der Waals surface area contributed by atoms with Crippen LogP contribution in [-0.4, -0.2) is 5.78 Å². The quantitative estimate of drug-likeness (QED) is 0.616. The summed E-state index contributed by atoms with van der Waals surface area (Å²) in [4.78, 5) is 11.8. The Morgan fingerprint density at radius 2 is 1.92 bits per heavy atom. The summed E-state index contributed by atoms with van der Waals surface area (Å²) in [5.41, 5.74) is 0.175. The Kier molecular flexibility index (Phi) is 1.97. The third kappa shape index (κ3) is 0.949.